The van der Waals surface area contributed by atoms with Crippen molar-refractivity contribution in [2.75, 3.05) is 0 Å². The molecule has 6 nitrogen and oxygen atoms in total. The standard InChI is InChI=1S/C25H36O4.C25H40.C24H38.CO2/c1-15(2)10-18-11-16(3)25(29-18)9-8-23(4)12-19-22(20(27)13-24(19,5)28)17(14-26)6-7-21(23)25;1-17(2)8-7-9-18(3)22-14-15-25(6)16-23-20(5)10-12-21(23)19(4)11-13-24(22)25;1-18(2)10-9-11-19(3)21-14-17-24-15-8-6-7-12-22(24)20(4)13-16-23(21,24)5;2-1-3/h6,10,14,16,18-19,21-22,28H,7-9,11-13H2,1-5H3;8,11,18,21-24H,5,7,9-10,12-16H2,1-4,6H3;6,8,10,19,21-22H,4,7,9,11-17H2,1-3,5H3;/b17-6-;19-11-;;/t16?,18?,19?,21-,22?,23-,24-,25?;;;/m1.../s1. The van der Waals surface area contributed by atoms with Crippen LogP contribution in [0.5, 0.6) is 0 Å². The van der Waals surface area contributed by atoms with Gasteiger partial charge in [-0.25, -0.2) is 0 Å². The average Bonchev–Trinajstić information content (AvgIpc) is 4.35. The molecule has 1 N–H and O–H groups in total. The van der Waals surface area contributed by atoms with Crippen molar-refractivity contribution in [3.05, 3.63) is 94.7 Å². The van der Waals surface area contributed by atoms with Crippen LogP contribution in [0, 0.1) is 92.7 Å². The molecule has 0 aromatic carbocycles. The summed E-state index contributed by atoms with van der Waals surface area (Å²) < 4.78 is 6.79. The number of ketones is 1. The highest BCUT2D eigenvalue weighted by Crippen LogP contribution is 2.71. The van der Waals surface area contributed by atoms with Crippen molar-refractivity contribution in [1.29, 1.82) is 0 Å². The summed E-state index contributed by atoms with van der Waals surface area (Å²) in [5.74, 6) is 6.90. The van der Waals surface area contributed by atoms with E-state index in [9.17, 15) is 14.7 Å². The molecule has 1 heterocycles. The van der Waals surface area contributed by atoms with Gasteiger partial charge in [-0.05, 0) is 283 Å². The van der Waals surface area contributed by atoms with Crippen LogP contribution in [0.3, 0.4) is 0 Å². The molecule has 7 fully saturated rings. The van der Waals surface area contributed by atoms with E-state index < -0.39 is 11.5 Å². The maximum atomic E-state index is 12.7. The van der Waals surface area contributed by atoms with Crippen LogP contribution in [0.4, 0.5) is 0 Å². The minimum Gasteiger partial charge on any atom is -0.389 e. The molecule has 0 aromatic rings. The molecule has 2 spiro atoms. The van der Waals surface area contributed by atoms with E-state index in [2.05, 4.69) is 140 Å². The molecule has 81 heavy (non-hydrogen) atoms. The summed E-state index contributed by atoms with van der Waals surface area (Å²) in [7, 11) is 0. The Bertz CT molecular complexity index is 2490. The van der Waals surface area contributed by atoms with Gasteiger partial charge in [-0.1, -0.05) is 131 Å². The summed E-state index contributed by atoms with van der Waals surface area (Å²) in [6.07, 6.45) is 45.7. The van der Waals surface area contributed by atoms with Gasteiger partial charge >= 0.3 is 6.15 Å². The van der Waals surface area contributed by atoms with Gasteiger partial charge in [0.2, 0.25) is 0 Å². The third-order valence-electron chi connectivity index (χ3n) is 24.9. The second-order valence-electron chi connectivity index (χ2n) is 30.7. The van der Waals surface area contributed by atoms with Crippen molar-refractivity contribution in [3.63, 3.8) is 0 Å². The van der Waals surface area contributed by atoms with Crippen LogP contribution in [0.25, 0.3) is 0 Å². The molecule has 6 saturated carbocycles. The molecule has 1 saturated heterocycles. The summed E-state index contributed by atoms with van der Waals surface area (Å²) in [6.45, 7) is 41.3. The van der Waals surface area contributed by atoms with Crippen molar-refractivity contribution >= 4 is 18.2 Å². The summed E-state index contributed by atoms with van der Waals surface area (Å²) >= 11 is 0. The molecular formula is C75H114O6. The summed E-state index contributed by atoms with van der Waals surface area (Å²) in [6, 6.07) is 0. The van der Waals surface area contributed by atoms with Gasteiger partial charge in [0.1, 0.15) is 12.1 Å². The zero-order valence-corrected chi connectivity index (χ0v) is 53.8. The van der Waals surface area contributed by atoms with Gasteiger partial charge in [0.15, 0.2) is 0 Å². The molecule has 1 aliphatic heterocycles. The highest BCUT2D eigenvalue weighted by atomic mass is 16.5. The first-order valence-electron chi connectivity index (χ1n) is 32.8. The quantitative estimate of drug-likeness (QED) is 0.173. The molecule has 19 atom stereocenters. The lowest BCUT2D eigenvalue weighted by Gasteiger charge is -2.56. The molecule has 450 valence electrons. The predicted molar refractivity (Wildman–Crippen MR) is 334 cm³/mol. The van der Waals surface area contributed by atoms with Gasteiger partial charge in [0.25, 0.3) is 0 Å². The first-order valence-corrected chi connectivity index (χ1v) is 32.8. The summed E-state index contributed by atoms with van der Waals surface area (Å²) in [4.78, 5) is 40.9. The lowest BCUT2D eigenvalue weighted by molar-refractivity contribution is -0.191. The summed E-state index contributed by atoms with van der Waals surface area (Å²) in [5, 5.41) is 11.1. The Morgan fingerprint density at radius 3 is 2.11 bits per heavy atom. The van der Waals surface area contributed by atoms with Gasteiger partial charge in [0.05, 0.1) is 23.2 Å². The van der Waals surface area contributed by atoms with Crippen molar-refractivity contribution in [2.45, 2.75) is 262 Å². The highest BCUT2D eigenvalue weighted by molar-refractivity contribution is 5.94. The normalized spacial score (nSPS) is 42.9. The van der Waals surface area contributed by atoms with Crippen molar-refractivity contribution in [2.24, 2.45) is 92.7 Å². The number of Topliss-reactive ketones (excluding diaryl/α,β-unsaturated/α-hetero) is 1. The zero-order chi connectivity index (χ0) is 59.5. The SMILES string of the molecule is C=C1CCC2(C)C(C(C)CCC=C(C)C)CCC23CC=CCCC13.C=C1CCC2/C(C)=C\CC3C(C(C)CCC=C(C)C)CCC3(C)CC12.CC(C)=CC1CC(C)C2(CC[C@]3(C)CC4C(C(=O)C[C@@]4(C)O)/C(C=O)=C\C[C@@H]23)O1.O=C=O. The molecule has 6 heteroatoms. The molecule has 0 aromatic heterocycles. The minimum absolute atomic E-state index is 0.00341. The van der Waals surface area contributed by atoms with E-state index in [0.29, 0.717) is 33.7 Å². The highest BCUT2D eigenvalue weighted by Gasteiger charge is 2.65. The van der Waals surface area contributed by atoms with E-state index in [1.54, 1.807) is 23.6 Å². The maximum Gasteiger partial charge on any atom is 0.373 e. The number of aldehydes is 1. The molecule has 0 amide bonds. The monoisotopic (exact) mass is 1110 g/mol. The van der Waals surface area contributed by atoms with Gasteiger partial charge < -0.3 is 9.84 Å². The van der Waals surface area contributed by atoms with Gasteiger partial charge in [-0.15, -0.1) is 0 Å². The Morgan fingerprint density at radius 2 is 1.46 bits per heavy atom. The van der Waals surface area contributed by atoms with Crippen LogP contribution < -0.4 is 0 Å². The van der Waals surface area contributed by atoms with E-state index in [4.69, 9.17) is 14.3 Å². The number of allylic oxidation sites excluding steroid dienone is 13. The number of hydrogen-bond donors (Lipinski definition) is 1. The van der Waals surface area contributed by atoms with E-state index in [1.807, 2.05) is 6.08 Å². The van der Waals surface area contributed by atoms with Gasteiger partial charge in [-0.2, -0.15) is 9.59 Å². The maximum absolute atomic E-state index is 12.7. The lowest BCUT2D eigenvalue weighted by atomic mass is 9.48. The Hall–Kier alpha value is -3.44. The van der Waals surface area contributed by atoms with Crippen LogP contribution in [-0.4, -0.2) is 40.6 Å². The smallest absolute Gasteiger partial charge is 0.373 e. The van der Waals surface area contributed by atoms with Crippen molar-refractivity contribution in [3.8, 4) is 0 Å². The van der Waals surface area contributed by atoms with Crippen LogP contribution in [-0.2, 0) is 23.9 Å². The van der Waals surface area contributed by atoms with Crippen LogP contribution in [0.2, 0.25) is 0 Å². The van der Waals surface area contributed by atoms with Crippen LogP contribution in [0.15, 0.2) is 94.7 Å². The summed E-state index contributed by atoms with van der Waals surface area (Å²) in [5.41, 5.74) is 9.97. The van der Waals surface area contributed by atoms with Crippen molar-refractivity contribution in [1.82, 2.24) is 0 Å². The van der Waals surface area contributed by atoms with E-state index in [1.165, 1.54) is 126 Å². The molecule has 0 bridgehead atoms. The van der Waals surface area contributed by atoms with E-state index in [0.717, 1.165) is 85.7 Å². The second kappa shape index (κ2) is 26.4. The fourth-order valence-corrected chi connectivity index (χ4v) is 20.5. The first-order chi connectivity index (χ1) is 38.2. The van der Waals surface area contributed by atoms with Gasteiger partial charge in [0, 0.05) is 12.3 Å². The Labute approximate surface area is 494 Å². The topological polar surface area (TPSA) is 97.7 Å². The van der Waals surface area contributed by atoms with Crippen LogP contribution in [0.1, 0.15) is 245 Å². The molecule has 10 aliphatic rings. The molecule has 0 radical (unpaired) electrons. The average molecular weight is 1110 g/mol. The largest absolute Gasteiger partial charge is 0.389 e. The number of hydrogen-bond acceptors (Lipinski definition) is 6. The zero-order valence-electron chi connectivity index (χ0n) is 53.8. The molecular weight excluding hydrogens is 997 g/mol. The lowest BCUT2D eigenvalue weighted by Crippen LogP contribution is -2.48. The number of carbonyl (C=O) groups is 2. The molecule has 10 rings (SSSR count). The number of rotatable bonds is 10. The van der Waals surface area contributed by atoms with Crippen LogP contribution >= 0.6 is 0 Å². The fourth-order valence-electron chi connectivity index (χ4n) is 20.5. The molecule has 9 aliphatic carbocycles. The first kappa shape index (κ1) is 65.1. The number of carbonyl (C=O) groups excluding carboxylic acids is 4. The Morgan fingerprint density at radius 1 is 0.778 bits per heavy atom. The van der Waals surface area contributed by atoms with Gasteiger partial charge in [-0.3, -0.25) is 9.59 Å². The number of ether oxygens (including phenoxy) is 1. The molecule has 16 unspecified atom stereocenters. The fraction of sp³-hybridized carbons (Fsp3) is 0.747. The number of fused-ring (bicyclic) bond motifs is 5. The predicted octanol–water partition coefficient (Wildman–Crippen LogP) is 19.0. The Balaban J connectivity index is 0.000000172. The Kier molecular flexibility index (Phi) is 21.3. The van der Waals surface area contributed by atoms with E-state index >= 15 is 0 Å². The minimum atomic E-state index is -1.04. The number of aliphatic hydroxyl groups is 1. The third-order valence-corrected chi connectivity index (χ3v) is 24.9. The second-order valence-corrected chi connectivity index (χ2v) is 30.7. The van der Waals surface area contributed by atoms with E-state index in [-0.39, 0.29) is 41.4 Å². The third kappa shape index (κ3) is 13.3. The van der Waals surface area contributed by atoms with Crippen molar-refractivity contribution < 1.29 is 29.0 Å².